The molecule has 0 saturated carbocycles. The van der Waals surface area contributed by atoms with Gasteiger partial charge in [-0.1, -0.05) is 21.1 Å². The second-order valence-electron chi connectivity index (χ2n) is 3.76. The van der Waals surface area contributed by atoms with E-state index in [1.165, 1.54) is 0 Å². The van der Waals surface area contributed by atoms with E-state index in [0.29, 0.717) is 11.6 Å². The van der Waals surface area contributed by atoms with E-state index in [9.17, 15) is 4.79 Å². The zero-order valence-electron chi connectivity index (χ0n) is 10.1. The first-order valence-corrected chi connectivity index (χ1v) is 6.36. The van der Waals surface area contributed by atoms with Crippen molar-refractivity contribution in [2.75, 3.05) is 0 Å². The van der Waals surface area contributed by atoms with E-state index < -0.39 is 6.10 Å². The number of benzene rings is 1. The first-order chi connectivity index (χ1) is 9.15. The van der Waals surface area contributed by atoms with Crippen LogP contribution in [0.1, 0.15) is 12.7 Å². The first-order valence-electron chi connectivity index (χ1n) is 5.57. The molecule has 0 saturated heterocycles. The number of halogens is 1. The summed E-state index contributed by atoms with van der Waals surface area (Å²) in [5.74, 6) is 0.808. The van der Waals surface area contributed by atoms with Crippen molar-refractivity contribution in [2.45, 2.75) is 19.6 Å². The number of carbonyl (C=O) groups excluding carboxylic acids is 1. The molecular weight excluding hydrogens is 314 g/mol. The number of H-pyrrole nitrogens is 1. The Labute approximate surface area is 117 Å². The largest absolute Gasteiger partial charge is 0.481 e. The summed E-state index contributed by atoms with van der Waals surface area (Å²) in [6.07, 6.45) is -0.604. The third-order valence-corrected chi connectivity index (χ3v) is 2.83. The van der Waals surface area contributed by atoms with Crippen molar-refractivity contribution in [3.05, 3.63) is 34.6 Å². The van der Waals surface area contributed by atoms with Crippen LogP contribution < -0.4 is 10.1 Å². The molecule has 2 rings (SSSR count). The second-order valence-corrected chi connectivity index (χ2v) is 4.68. The molecule has 1 unspecified atom stereocenters. The van der Waals surface area contributed by atoms with Gasteiger partial charge in [-0.3, -0.25) is 4.79 Å². The Morgan fingerprint density at radius 3 is 2.84 bits per heavy atom. The van der Waals surface area contributed by atoms with Crippen molar-refractivity contribution in [1.82, 2.24) is 25.9 Å². The Hall–Kier alpha value is -1.96. The van der Waals surface area contributed by atoms with Gasteiger partial charge in [0.25, 0.3) is 5.91 Å². The van der Waals surface area contributed by atoms with Crippen molar-refractivity contribution in [1.29, 1.82) is 0 Å². The molecule has 7 nitrogen and oxygen atoms in total. The van der Waals surface area contributed by atoms with Gasteiger partial charge in [0.2, 0.25) is 0 Å². The number of tetrazole rings is 1. The highest BCUT2D eigenvalue weighted by molar-refractivity contribution is 9.10. The molecular formula is C11H12BrN5O2. The minimum Gasteiger partial charge on any atom is -0.481 e. The second kappa shape index (κ2) is 6.28. The van der Waals surface area contributed by atoms with Gasteiger partial charge in [-0.25, -0.2) is 0 Å². The molecule has 0 spiro atoms. The molecule has 1 heterocycles. The maximum absolute atomic E-state index is 11.8. The van der Waals surface area contributed by atoms with Crippen LogP contribution in [0.4, 0.5) is 0 Å². The highest BCUT2D eigenvalue weighted by atomic mass is 79.9. The number of nitrogens with one attached hydrogen (secondary N) is 2. The lowest BCUT2D eigenvalue weighted by molar-refractivity contribution is -0.127. The zero-order chi connectivity index (χ0) is 13.7. The summed E-state index contributed by atoms with van der Waals surface area (Å²) in [6.45, 7) is 1.89. The standard InChI is InChI=1S/C11H12BrN5O2/c1-7(19-9-4-2-8(12)3-5-9)11(18)13-6-10-14-16-17-15-10/h2-5,7H,6H2,1H3,(H,13,18)(H,14,15,16,17). The fourth-order valence-electron chi connectivity index (χ4n) is 1.34. The molecule has 2 N–H and O–H groups in total. The van der Waals surface area contributed by atoms with E-state index in [-0.39, 0.29) is 12.5 Å². The summed E-state index contributed by atoms with van der Waals surface area (Å²) in [5.41, 5.74) is 0. The zero-order valence-corrected chi connectivity index (χ0v) is 11.7. The van der Waals surface area contributed by atoms with E-state index in [0.717, 1.165) is 4.47 Å². The molecule has 0 bridgehead atoms. The van der Waals surface area contributed by atoms with Crippen LogP contribution in [0, 0.1) is 0 Å². The van der Waals surface area contributed by atoms with Gasteiger partial charge in [0.1, 0.15) is 5.75 Å². The molecule has 8 heteroatoms. The van der Waals surface area contributed by atoms with Crippen LogP contribution in [0.2, 0.25) is 0 Å². The van der Waals surface area contributed by atoms with Crippen molar-refractivity contribution >= 4 is 21.8 Å². The van der Waals surface area contributed by atoms with E-state index in [1.54, 1.807) is 19.1 Å². The number of ether oxygens (including phenoxy) is 1. The maximum Gasteiger partial charge on any atom is 0.261 e. The van der Waals surface area contributed by atoms with Gasteiger partial charge in [-0.15, -0.1) is 10.2 Å². The van der Waals surface area contributed by atoms with Crippen molar-refractivity contribution in [3.63, 3.8) is 0 Å². The number of carbonyl (C=O) groups is 1. The summed E-state index contributed by atoms with van der Waals surface area (Å²) >= 11 is 3.33. The molecule has 1 aromatic carbocycles. The lowest BCUT2D eigenvalue weighted by Crippen LogP contribution is -2.36. The monoisotopic (exact) mass is 325 g/mol. The molecule has 0 aliphatic heterocycles. The number of rotatable bonds is 5. The minimum atomic E-state index is -0.604. The van der Waals surface area contributed by atoms with Gasteiger partial charge in [0.05, 0.1) is 6.54 Å². The van der Waals surface area contributed by atoms with E-state index in [2.05, 4.69) is 41.9 Å². The summed E-state index contributed by atoms with van der Waals surface area (Å²) in [6, 6.07) is 7.26. The van der Waals surface area contributed by atoms with Crippen LogP contribution in [0.3, 0.4) is 0 Å². The van der Waals surface area contributed by atoms with Crippen LogP contribution >= 0.6 is 15.9 Å². The summed E-state index contributed by atoms with van der Waals surface area (Å²) in [5, 5.41) is 15.8. The Kier molecular flexibility index (Phi) is 4.45. The van der Waals surface area contributed by atoms with Crippen molar-refractivity contribution in [2.24, 2.45) is 0 Å². The lowest BCUT2D eigenvalue weighted by atomic mass is 10.3. The predicted molar refractivity (Wildman–Crippen MR) is 70.3 cm³/mol. The highest BCUT2D eigenvalue weighted by Gasteiger charge is 2.14. The maximum atomic E-state index is 11.8. The Balaban J connectivity index is 1.83. The molecule has 1 atom stereocenters. The smallest absolute Gasteiger partial charge is 0.261 e. The van der Waals surface area contributed by atoms with Crippen LogP contribution in [0.15, 0.2) is 28.7 Å². The summed E-state index contributed by atoms with van der Waals surface area (Å²) in [7, 11) is 0. The molecule has 1 amide bonds. The number of aromatic nitrogens is 4. The predicted octanol–water partition coefficient (Wildman–Crippen LogP) is 1.05. The topological polar surface area (TPSA) is 92.8 Å². The third-order valence-electron chi connectivity index (χ3n) is 2.31. The third kappa shape index (κ3) is 4.02. The fourth-order valence-corrected chi connectivity index (χ4v) is 1.60. The molecule has 0 radical (unpaired) electrons. The summed E-state index contributed by atoms with van der Waals surface area (Å²) < 4.78 is 6.46. The normalized spacial score (nSPS) is 11.9. The lowest BCUT2D eigenvalue weighted by Gasteiger charge is -2.14. The van der Waals surface area contributed by atoms with Gasteiger partial charge in [0, 0.05) is 4.47 Å². The molecule has 19 heavy (non-hydrogen) atoms. The van der Waals surface area contributed by atoms with Gasteiger partial charge in [-0.2, -0.15) is 5.21 Å². The first kappa shape index (κ1) is 13.5. The fraction of sp³-hybridized carbons (Fsp3) is 0.273. The molecule has 2 aromatic rings. The number of nitrogens with zero attached hydrogens (tertiary/aromatic N) is 3. The number of aromatic amines is 1. The quantitative estimate of drug-likeness (QED) is 0.857. The number of hydrogen-bond donors (Lipinski definition) is 2. The van der Waals surface area contributed by atoms with E-state index >= 15 is 0 Å². The minimum absolute atomic E-state index is 0.212. The molecule has 0 fully saturated rings. The molecule has 0 aliphatic carbocycles. The average Bonchev–Trinajstić information content (AvgIpc) is 2.91. The van der Waals surface area contributed by atoms with Gasteiger partial charge < -0.3 is 10.1 Å². The Morgan fingerprint density at radius 1 is 1.47 bits per heavy atom. The van der Waals surface area contributed by atoms with Crippen LogP contribution in [-0.2, 0) is 11.3 Å². The Bertz CT molecular complexity index is 529. The summed E-state index contributed by atoms with van der Waals surface area (Å²) in [4.78, 5) is 11.8. The molecule has 0 aliphatic rings. The van der Waals surface area contributed by atoms with Crippen molar-refractivity contribution in [3.8, 4) is 5.75 Å². The molecule has 100 valence electrons. The average molecular weight is 326 g/mol. The number of amides is 1. The van der Waals surface area contributed by atoms with Gasteiger partial charge >= 0.3 is 0 Å². The Morgan fingerprint density at radius 2 is 2.21 bits per heavy atom. The molecule has 1 aromatic heterocycles. The van der Waals surface area contributed by atoms with Crippen LogP contribution in [0.25, 0.3) is 0 Å². The van der Waals surface area contributed by atoms with Crippen molar-refractivity contribution < 1.29 is 9.53 Å². The van der Waals surface area contributed by atoms with Gasteiger partial charge in [-0.05, 0) is 31.2 Å². The highest BCUT2D eigenvalue weighted by Crippen LogP contribution is 2.17. The van der Waals surface area contributed by atoms with Crippen LogP contribution in [0.5, 0.6) is 5.75 Å². The van der Waals surface area contributed by atoms with E-state index in [1.807, 2.05) is 12.1 Å². The van der Waals surface area contributed by atoms with E-state index in [4.69, 9.17) is 4.74 Å². The SMILES string of the molecule is CC(Oc1ccc(Br)cc1)C(=O)NCc1nn[nH]n1. The van der Waals surface area contributed by atoms with Gasteiger partial charge in [0.15, 0.2) is 11.9 Å². The number of hydrogen-bond acceptors (Lipinski definition) is 5. The van der Waals surface area contributed by atoms with Crippen LogP contribution in [-0.4, -0.2) is 32.6 Å².